The van der Waals surface area contributed by atoms with Gasteiger partial charge in [0, 0.05) is 22.0 Å². The molecule has 0 unspecified atom stereocenters. The number of fused-ring (bicyclic) bond motifs is 1. The Hall–Kier alpha value is -3.60. The number of aromatic nitrogens is 2. The number of nitro groups is 1. The molecule has 1 aliphatic rings. The van der Waals surface area contributed by atoms with Crippen LogP contribution < -0.4 is 10.3 Å². The number of hydrogen-bond acceptors (Lipinski definition) is 8. The molecule has 1 atom stereocenters. The van der Waals surface area contributed by atoms with E-state index in [2.05, 4.69) is 21.0 Å². The number of hydrogen-bond donors (Lipinski definition) is 0. The molecule has 3 aromatic rings. The highest BCUT2D eigenvalue weighted by Crippen LogP contribution is 2.32. The van der Waals surface area contributed by atoms with E-state index in [9.17, 15) is 19.7 Å². The largest absolute Gasteiger partial charge is 0.472 e. The molecule has 1 saturated carbocycles. The van der Waals surface area contributed by atoms with E-state index in [1.54, 1.807) is 25.1 Å². The maximum Gasteiger partial charge on any atom is 0.347 e. The van der Waals surface area contributed by atoms with Gasteiger partial charge in [-0.2, -0.15) is 9.78 Å². The third-order valence-electron chi connectivity index (χ3n) is 6.23. The van der Waals surface area contributed by atoms with Crippen LogP contribution >= 0.6 is 15.9 Å². The van der Waals surface area contributed by atoms with E-state index in [1.807, 2.05) is 6.07 Å². The minimum atomic E-state index is -1.02. The Morgan fingerprint density at radius 1 is 1.27 bits per heavy atom. The number of carbonyl (C=O) groups is 1. The van der Waals surface area contributed by atoms with Gasteiger partial charge in [0.15, 0.2) is 11.9 Å². The summed E-state index contributed by atoms with van der Waals surface area (Å²) in [6.07, 6.45) is 5.47. The molecule has 2 aromatic carbocycles. The topological polar surface area (TPSA) is 126 Å². The number of halogens is 1. The van der Waals surface area contributed by atoms with Crippen LogP contribution in [-0.4, -0.2) is 39.5 Å². The second kappa shape index (κ2) is 11.6. The maximum absolute atomic E-state index is 13.4. The molecule has 0 aliphatic heterocycles. The first-order chi connectivity index (χ1) is 17.8. The summed E-state index contributed by atoms with van der Waals surface area (Å²) >= 11 is 3.41. The molecule has 1 aromatic heterocycles. The average Bonchev–Trinajstić information content (AvgIpc) is 2.89. The van der Waals surface area contributed by atoms with Crippen molar-refractivity contribution in [1.29, 1.82) is 0 Å². The summed E-state index contributed by atoms with van der Waals surface area (Å²) in [4.78, 5) is 41.2. The standard InChI is InChI=1S/C26H27BrN4O6/c1-3-36-26(33)16(2)37-23-12-9-17(13-22(23)31(34)35)15-28-30-24(18-7-5-4-6-8-18)29-21-11-10-19(27)14-20(21)25(30)32/h9-16,18H,3-8H2,1-2H3/t16-/m0/s1. The SMILES string of the molecule is CCOC(=O)[C@H](C)Oc1ccc(C=Nn2c(C3CCCCC3)nc3ccc(Br)cc3c2=O)cc1[N+](=O)[O-]. The Morgan fingerprint density at radius 3 is 2.73 bits per heavy atom. The average molecular weight is 571 g/mol. The molecule has 4 rings (SSSR count). The Balaban J connectivity index is 1.72. The summed E-state index contributed by atoms with van der Waals surface area (Å²) in [6, 6.07) is 9.62. The molecule has 0 bridgehead atoms. The number of rotatable bonds is 8. The number of ether oxygens (including phenoxy) is 2. The predicted octanol–water partition coefficient (Wildman–Crippen LogP) is 5.33. The smallest absolute Gasteiger partial charge is 0.347 e. The highest BCUT2D eigenvalue weighted by atomic mass is 79.9. The third-order valence-corrected chi connectivity index (χ3v) is 6.72. The highest BCUT2D eigenvalue weighted by molar-refractivity contribution is 9.10. The molecule has 37 heavy (non-hydrogen) atoms. The lowest BCUT2D eigenvalue weighted by Gasteiger charge is -2.22. The number of nitrogens with zero attached hydrogens (tertiary/aromatic N) is 4. The van der Waals surface area contributed by atoms with E-state index in [0.29, 0.717) is 22.3 Å². The molecular weight excluding hydrogens is 544 g/mol. The van der Waals surface area contributed by atoms with E-state index in [0.717, 1.165) is 36.6 Å². The molecular formula is C26H27BrN4O6. The van der Waals surface area contributed by atoms with Gasteiger partial charge in [-0.25, -0.2) is 9.78 Å². The van der Waals surface area contributed by atoms with Gasteiger partial charge in [0.05, 0.1) is 28.6 Å². The summed E-state index contributed by atoms with van der Waals surface area (Å²) in [5.41, 5.74) is 0.355. The van der Waals surface area contributed by atoms with Crippen molar-refractivity contribution in [1.82, 2.24) is 9.66 Å². The summed E-state index contributed by atoms with van der Waals surface area (Å²) < 4.78 is 12.4. The van der Waals surface area contributed by atoms with Crippen LogP contribution in [-0.2, 0) is 9.53 Å². The summed E-state index contributed by atoms with van der Waals surface area (Å²) in [6.45, 7) is 3.30. The maximum atomic E-state index is 13.4. The van der Waals surface area contributed by atoms with Crippen LogP contribution in [0.3, 0.4) is 0 Å². The van der Waals surface area contributed by atoms with E-state index in [-0.39, 0.29) is 29.5 Å². The first-order valence-electron chi connectivity index (χ1n) is 12.2. The molecule has 0 spiro atoms. The van der Waals surface area contributed by atoms with Crippen LogP contribution in [0.1, 0.15) is 63.3 Å². The summed E-state index contributed by atoms with van der Waals surface area (Å²) in [5, 5.41) is 16.6. The molecule has 11 heteroatoms. The molecule has 10 nitrogen and oxygen atoms in total. The first-order valence-corrected chi connectivity index (χ1v) is 13.0. The number of carbonyl (C=O) groups excluding carboxylic acids is 1. The molecule has 1 aliphatic carbocycles. The van der Waals surface area contributed by atoms with Gasteiger partial charge >= 0.3 is 11.7 Å². The lowest BCUT2D eigenvalue weighted by atomic mass is 9.88. The minimum absolute atomic E-state index is 0.0695. The summed E-state index contributed by atoms with van der Waals surface area (Å²) in [5.74, 6) is 0.00194. The minimum Gasteiger partial charge on any atom is -0.472 e. The van der Waals surface area contributed by atoms with Crippen LogP contribution in [0.4, 0.5) is 5.69 Å². The van der Waals surface area contributed by atoms with Crippen molar-refractivity contribution in [3.63, 3.8) is 0 Å². The van der Waals surface area contributed by atoms with Crippen molar-refractivity contribution in [3.05, 3.63) is 72.7 Å². The van der Waals surface area contributed by atoms with E-state index >= 15 is 0 Å². The van der Waals surface area contributed by atoms with Gasteiger partial charge in [0.25, 0.3) is 5.56 Å². The quantitative estimate of drug-likeness (QED) is 0.155. The van der Waals surface area contributed by atoms with Crippen molar-refractivity contribution >= 4 is 44.7 Å². The fourth-order valence-electron chi connectivity index (χ4n) is 4.38. The lowest BCUT2D eigenvalue weighted by Crippen LogP contribution is -2.26. The van der Waals surface area contributed by atoms with E-state index < -0.39 is 17.0 Å². The Kier molecular flexibility index (Phi) is 8.32. The van der Waals surface area contributed by atoms with Crippen molar-refractivity contribution in [2.24, 2.45) is 5.10 Å². The predicted molar refractivity (Wildman–Crippen MR) is 142 cm³/mol. The first kappa shape index (κ1) is 26.5. The zero-order valence-corrected chi connectivity index (χ0v) is 22.1. The Morgan fingerprint density at radius 2 is 2.03 bits per heavy atom. The van der Waals surface area contributed by atoms with E-state index in [4.69, 9.17) is 14.5 Å². The molecule has 0 amide bonds. The van der Waals surface area contributed by atoms with Crippen molar-refractivity contribution in [3.8, 4) is 5.75 Å². The van der Waals surface area contributed by atoms with Crippen LogP contribution in [0.2, 0.25) is 0 Å². The molecule has 194 valence electrons. The van der Waals surface area contributed by atoms with Crippen molar-refractivity contribution < 1.29 is 19.2 Å². The second-order valence-electron chi connectivity index (χ2n) is 8.82. The van der Waals surface area contributed by atoms with Crippen molar-refractivity contribution in [2.75, 3.05) is 6.61 Å². The monoisotopic (exact) mass is 570 g/mol. The Labute approximate surface area is 221 Å². The summed E-state index contributed by atoms with van der Waals surface area (Å²) in [7, 11) is 0. The molecule has 0 N–H and O–H groups in total. The van der Waals surface area contributed by atoms with Crippen molar-refractivity contribution in [2.45, 2.75) is 58.0 Å². The molecule has 0 radical (unpaired) electrons. The zero-order valence-electron chi connectivity index (χ0n) is 20.6. The van der Waals surface area contributed by atoms with Crippen LogP contribution in [0.5, 0.6) is 5.75 Å². The molecule has 1 heterocycles. The van der Waals surface area contributed by atoms with Gasteiger partial charge in [-0.1, -0.05) is 35.2 Å². The molecule has 1 fully saturated rings. The lowest BCUT2D eigenvalue weighted by molar-refractivity contribution is -0.386. The van der Waals surface area contributed by atoms with E-state index in [1.165, 1.54) is 29.9 Å². The number of nitro benzene ring substituents is 1. The van der Waals surface area contributed by atoms with Gasteiger partial charge in [-0.3, -0.25) is 14.9 Å². The van der Waals surface area contributed by atoms with Crippen LogP contribution in [0.15, 0.2) is 50.8 Å². The van der Waals surface area contributed by atoms with Crippen LogP contribution in [0, 0.1) is 10.1 Å². The zero-order chi connectivity index (χ0) is 26.5. The second-order valence-corrected chi connectivity index (χ2v) is 9.74. The Bertz CT molecular complexity index is 1410. The van der Waals surface area contributed by atoms with Crippen LogP contribution in [0.25, 0.3) is 10.9 Å². The number of benzene rings is 2. The highest BCUT2D eigenvalue weighted by Gasteiger charge is 2.24. The normalized spacial score (nSPS) is 15.1. The van der Waals surface area contributed by atoms with Gasteiger partial charge in [0.2, 0.25) is 0 Å². The van der Waals surface area contributed by atoms with Gasteiger partial charge < -0.3 is 9.47 Å². The fourth-order valence-corrected chi connectivity index (χ4v) is 4.74. The number of esters is 1. The van der Waals surface area contributed by atoms with Gasteiger partial charge in [0.1, 0.15) is 5.82 Å². The van der Waals surface area contributed by atoms with Gasteiger partial charge in [-0.05, 0) is 57.0 Å². The molecule has 0 saturated heterocycles. The fraction of sp³-hybridized carbons (Fsp3) is 0.385. The third kappa shape index (κ3) is 6.04. The van der Waals surface area contributed by atoms with Gasteiger partial charge in [-0.15, -0.1) is 0 Å².